The molecule has 1 saturated heterocycles. The monoisotopic (exact) mass is 449 g/mol. The SMILES string of the molecule is CCCCCCN1CC[C@H](c2ccc(F)cc2)[C@@H](COc2ccc3c(c2)OCO3)C1.Cl. The molecular formula is C25H33ClFNO3. The van der Waals surface area contributed by atoms with Crippen molar-refractivity contribution in [2.24, 2.45) is 5.92 Å². The van der Waals surface area contributed by atoms with Crippen LogP contribution in [0.2, 0.25) is 0 Å². The van der Waals surface area contributed by atoms with E-state index in [9.17, 15) is 4.39 Å². The molecule has 2 heterocycles. The Hall–Kier alpha value is -1.98. The van der Waals surface area contributed by atoms with E-state index in [1.165, 1.54) is 31.2 Å². The molecule has 1 fully saturated rings. The van der Waals surface area contributed by atoms with Gasteiger partial charge in [0.15, 0.2) is 11.5 Å². The van der Waals surface area contributed by atoms with Gasteiger partial charge in [0.25, 0.3) is 0 Å². The summed E-state index contributed by atoms with van der Waals surface area (Å²) in [5.41, 5.74) is 1.21. The highest BCUT2D eigenvalue weighted by Crippen LogP contribution is 2.37. The Morgan fingerprint density at radius 1 is 1.03 bits per heavy atom. The third-order valence-electron chi connectivity index (χ3n) is 6.25. The molecular weight excluding hydrogens is 417 g/mol. The summed E-state index contributed by atoms with van der Waals surface area (Å²) in [6, 6.07) is 12.8. The highest BCUT2D eigenvalue weighted by Gasteiger charge is 2.31. The van der Waals surface area contributed by atoms with E-state index < -0.39 is 0 Å². The highest BCUT2D eigenvalue weighted by atomic mass is 35.5. The minimum absolute atomic E-state index is 0. The number of rotatable bonds is 9. The second kappa shape index (κ2) is 11.6. The summed E-state index contributed by atoms with van der Waals surface area (Å²) in [5.74, 6) is 2.87. The third kappa shape index (κ3) is 6.27. The van der Waals surface area contributed by atoms with Crippen molar-refractivity contribution in [3.63, 3.8) is 0 Å². The molecule has 2 aliphatic heterocycles. The van der Waals surface area contributed by atoms with Gasteiger partial charge in [0.05, 0.1) is 6.61 Å². The minimum atomic E-state index is -0.180. The van der Waals surface area contributed by atoms with Crippen molar-refractivity contribution in [1.29, 1.82) is 0 Å². The Labute approximate surface area is 191 Å². The Morgan fingerprint density at radius 2 is 1.84 bits per heavy atom. The van der Waals surface area contributed by atoms with Crippen molar-refractivity contribution in [3.05, 3.63) is 53.8 Å². The first kappa shape index (κ1) is 23.7. The molecule has 0 saturated carbocycles. The van der Waals surface area contributed by atoms with E-state index >= 15 is 0 Å². The largest absolute Gasteiger partial charge is 0.493 e. The first-order chi connectivity index (χ1) is 14.7. The van der Waals surface area contributed by atoms with Gasteiger partial charge in [0.1, 0.15) is 11.6 Å². The molecule has 0 unspecified atom stereocenters. The number of benzene rings is 2. The maximum Gasteiger partial charge on any atom is 0.231 e. The Kier molecular flexibility index (Phi) is 8.85. The number of unbranched alkanes of at least 4 members (excludes halogenated alkanes) is 3. The number of hydrogen-bond donors (Lipinski definition) is 0. The molecule has 0 amide bonds. The van der Waals surface area contributed by atoms with Gasteiger partial charge in [0, 0.05) is 18.5 Å². The van der Waals surface area contributed by atoms with Crippen molar-refractivity contribution < 1.29 is 18.6 Å². The lowest BCUT2D eigenvalue weighted by Crippen LogP contribution is -2.42. The van der Waals surface area contributed by atoms with Crippen molar-refractivity contribution >= 4 is 12.4 Å². The van der Waals surface area contributed by atoms with Gasteiger partial charge < -0.3 is 19.1 Å². The van der Waals surface area contributed by atoms with Crippen LogP contribution >= 0.6 is 12.4 Å². The van der Waals surface area contributed by atoms with E-state index in [2.05, 4.69) is 11.8 Å². The second-order valence-corrected chi connectivity index (χ2v) is 8.39. The van der Waals surface area contributed by atoms with Crippen LogP contribution in [0.3, 0.4) is 0 Å². The summed E-state index contributed by atoms with van der Waals surface area (Å²) in [5, 5.41) is 0. The van der Waals surface area contributed by atoms with Crippen LogP contribution in [-0.2, 0) is 0 Å². The van der Waals surface area contributed by atoms with Gasteiger partial charge in [-0.15, -0.1) is 12.4 Å². The maximum atomic E-state index is 13.4. The lowest BCUT2D eigenvalue weighted by atomic mass is 9.80. The fraction of sp³-hybridized carbons (Fsp3) is 0.520. The molecule has 170 valence electrons. The maximum absolute atomic E-state index is 13.4. The smallest absolute Gasteiger partial charge is 0.231 e. The molecule has 2 aromatic carbocycles. The average molecular weight is 450 g/mol. The predicted octanol–water partition coefficient (Wildman–Crippen LogP) is 6.04. The van der Waals surface area contributed by atoms with Crippen LogP contribution in [0.15, 0.2) is 42.5 Å². The van der Waals surface area contributed by atoms with Gasteiger partial charge in [-0.2, -0.15) is 0 Å². The lowest BCUT2D eigenvalue weighted by molar-refractivity contribution is 0.109. The van der Waals surface area contributed by atoms with E-state index in [-0.39, 0.29) is 25.0 Å². The second-order valence-electron chi connectivity index (χ2n) is 8.39. The van der Waals surface area contributed by atoms with E-state index in [1.807, 2.05) is 30.3 Å². The molecule has 4 rings (SSSR count). The first-order valence-corrected chi connectivity index (χ1v) is 11.2. The lowest BCUT2D eigenvalue weighted by Gasteiger charge is -2.39. The van der Waals surface area contributed by atoms with Crippen LogP contribution in [0.4, 0.5) is 4.39 Å². The van der Waals surface area contributed by atoms with E-state index in [0.717, 1.165) is 43.3 Å². The number of halogens is 2. The fourth-order valence-electron chi connectivity index (χ4n) is 4.56. The molecule has 0 radical (unpaired) electrons. The molecule has 2 aliphatic rings. The number of nitrogens with zero attached hydrogens (tertiary/aromatic N) is 1. The van der Waals surface area contributed by atoms with Gasteiger partial charge in [-0.1, -0.05) is 38.3 Å². The summed E-state index contributed by atoms with van der Waals surface area (Å²) < 4.78 is 30.5. The Morgan fingerprint density at radius 3 is 2.65 bits per heavy atom. The molecule has 0 aromatic heterocycles. The number of hydrogen-bond acceptors (Lipinski definition) is 4. The highest BCUT2D eigenvalue weighted by molar-refractivity contribution is 5.85. The van der Waals surface area contributed by atoms with Gasteiger partial charge in [-0.25, -0.2) is 4.39 Å². The predicted molar refractivity (Wildman–Crippen MR) is 123 cm³/mol. The normalized spacial score (nSPS) is 20.3. The van der Waals surface area contributed by atoms with Crippen LogP contribution in [0, 0.1) is 11.7 Å². The average Bonchev–Trinajstić information content (AvgIpc) is 3.24. The summed E-state index contributed by atoms with van der Waals surface area (Å²) >= 11 is 0. The molecule has 2 aromatic rings. The van der Waals surface area contributed by atoms with Crippen LogP contribution in [0.5, 0.6) is 17.2 Å². The fourth-order valence-corrected chi connectivity index (χ4v) is 4.56. The molecule has 31 heavy (non-hydrogen) atoms. The van der Waals surface area contributed by atoms with Crippen molar-refractivity contribution in [1.82, 2.24) is 4.90 Å². The zero-order valence-electron chi connectivity index (χ0n) is 18.2. The van der Waals surface area contributed by atoms with Crippen molar-refractivity contribution in [3.8, 4) is 17.2 Å². The Bertz CT molecular complexity index is 817. The zero-order chi connectivity index (χ0) is 20.8. The van der Waals surface area contributed by atoms with Gasteiger partial charge in [-0.05, 0) is 61.7 Å². The summed E-state index contributed by atoms with van der Waals surface area (Å²) in [4.78, 5) is 2.57. The Balaban J connectivity index is 0.00000272. The van der Waals surface area contributed by atoms with E-state index in [1.54, 1.807) is 12.1 Å². The number of fused-ring (bicyclic) bond motifs is 1. The van der Waals surface area contributed by atoms with Crippen molar-refractivity contribution in [2.45, 2.75) is 44.9 Å². The van der Waals surface area contributed by atoms with E-state index in [0.29, 0.717) is 18.4 Å². The molecule has 0 bridgehead atoms. The van der Waals surface area contributed by atoms with E-state index in [4.69, 9.17) is 14.2 Å². The van der Waals surface area contributed by atoms with Crippen LogP contribution in [0.25, 0.3) is 0 Å². The van der Waals surface area contributed by atoms with Gasteiger partial charge in [-0.3, -0.25) is 0 Å². The summed E-state index contributed by atoms with van der Waals surface area (Å²) in [6.45, 7) is 6.40. The quantitative estimate of drug-likeness (QED) is 0.436. The van der Waals surface area contributed by atoms with Crippen LogP contribution in [0.1, 0.15) is 50.5 Å². The zero-order valence-corrected chi connectivity index (χ0v) is 19.0. The molecule has 0 spiro atoms. The minimum Gasteiger partial charge on any atom is -0.493 e. The third-order valence-corrected chi connectivity index (χ3v) is 6.25. The number of ether oxygens (including phenoxy) is 3. The van der Waals surface area contributed by atoms with Gasteiger partial charge >= 0.3 is 0 Å². The molecule has 6 heteroatoms. The number of likely N-dealkylation sites (tertiary alicyclic amines) is 1. The topological polar surface area (TPSA) is 30.9 Å². The molecule has 0 N–H and O–H groups in total. The standard InChI is InChI=1S/C25H32FNO3.ClH/c1-2-3-4-5-13-27-14-12-23(19-6-8-21(26)9-7-19)20(16-27)17-28-22-10-11-24-25(15-22)30-18-29-24;/h6-11,15,20,23H,2-5,12-14,16-18H2,1H3;1H/t20-,23-;/m1./s1. The van der Waals surface area contributed by atoms with Crippen LogP contribution < -0.4 is 14.2 Å². The molecule has 2 atom stereocenters. The van der Waals surface area contributed by atoms with Crippen molar-refractivity contribution in [2.75, 3.05) is 33.0 Å². The molecule has 4 nitrogen and oxygen atoms in total. The molecule has 0 aliphatic carbocycles. The summed E-state index contributed by atoms with van der Waals surface area (Å²) in [7, 11) is 0. The number of piperidine rings is 1. The van der Waals surface area contributed by atoms with Gasteiger partial charge in [0.2, 0.25) is 6.79 Å². The summed E-state index contributed by atoms with van der Waals surface area (Å²) in [6.07, 6.45) is 6.20. The first-order valence-electron chi connectivity index (χ1n) is 11.2. The van der Waals surface area contributed by atoms with Crippen LogP contribution in [-0.4, -0.2) is 37.9 Å².